The first kappa shape index (κ1) is 23.9. The molecule has 1 fully saturated rings. The molecule has 2 aromatic carbocycles. The summed E-state index contributed by atoms with van der Waals surface area (Å²) in [7, 11) is 1.33. The van der Waals surface area contributed by atoms with Crippen LogP contribution in [0.4, 0.5) is 11.4 Å². The number of carbonyl (C=O) groups excluding carboxylic acids is 2. The number of anilines is 2. The number of nitrogens with zero attached hydrogens (tertiary/aromatic N) is 1. The minimum absolute atomic E-state index is 0.376. The molecule has 0 unspecified atom stereocenters. The van der Waals surface area contributed by atoms with E-state index >= 15 is 0 Å². The lowest BCUT2D eigenvalue weighted by molar-refractivity contribution is -0.111. The summed E-state index contributed by atoms with van der Waals surface area (Å²) in [5.74, 6) is 0.209. The maximum atomic E-state index is 12.5. The number of rotatable bonds is 6. The largest absolute Gasteiger partial charge is 0.465 e. The van der Waals surface area contributed by atoms with Crippen LogP contribution in [0.3, 0.4) is 0 Å². The van der Waals surface area contributed by atoms with E-state index in [1.165, 1.54) is 13.2 Å². The molecular formula is C25H22Cl2N2O5. The zero-order chi connectivity index (χ0) is 24.1. The highest BCUT2D eigenvalue weighted by atomic mass is 35.5. The molecule has 1 aliphatic heterocycles. The third kappa shape index (κ3) is 5.80. The molecule has 2 heterocycles. The molecule has 0 saturated carbocycles. The first-order valence-corrected chi connectivity index (χ1v) is 11.3. The van der Waals surface area contributed by atoms with Crippen LogP contribution in [0.25, 0.3) is 17.4 Å². The summed E-state index contributed by atoms with van der Waals surface area (Å²) in [5.41, 5.74) is 2.33. The molecule has 9 heteroatoms. The predicted octanol–water partition coefficient (Wildman–Crippen LogP) is 5.53. The van der Waals surface area contributed by atoms with Crippen LogP contribution in [-0.4, -0.2) is 45.3 Å². The fourth-order valence-corrected chi connectivity index (χ4v) is 4.13. The minimum Gasteiger partial charge on any atom is -0.465 e. The van der Waals surface area contributed by atoms with Crippen molar-refractivity contribution in [3.05, 3.63) is 76.0 Å². The van der Waals surface area contributed by atoms with Crippen LogP contribution in [0.15, 0.2) is 59.0 Å². The lowest BCUT2D eigenvalue weighted by Crippen LogP contribution is -2.37. The predicted molar refractivity (Wildman–Crippen MR) is 133 cm³/mol. The van der Waals surface area contributed by atoms with Gasteiger partial charge in [-0.1, -0.05) is 23.2 Å². The number of nitrogens with one attached hydrogen (secondary N) is 1. The van der Waals surface area contributed by atoms with Crippen LogP contribution in [-0.2, 0) is 14.3 Å². The normalized spacial score (nSPS) is 13.8. The van der Waals surface area contributed by atoms with E-state index in [-0.39, 0.29) is 5.91 Å². The number of carbonyl (C=O) groups is 2. The first-order valence-electron chi connectivity index (χ1n) is 10.5. The van der Waals surface area contributed by atoms with Gasteiger partial charge in [0.15, 0.2) is 0 Å². The van der Waals surface area contributed by atoms with Gasteiger partial charge in [-0.15, -0.1) is 0 Å². The molecule has 1 aliphatic rings. The minimum atomic E-state index is -0.475. The highest BCUT2D eigenvalue weighted by molar-refractivity contribution is 6.35. The van der Waals surface area contributed by atoms with Crippen molar-refractivity contribution in [3.63, 3.8) is 0 Å². The molecule has 0 spiro atoms. The molecule has 1 N–H and O–H groups in total. The van der Waals surface area contributed by atoms with E-state index in [1.54, 1.807) is 54.6 Å². The van der Waals surface area contributed by atoms with Gasteiger partial charge in [0.25, 0.3) is 0 Å². The van der Waals surface area contributed by atoms with Crippen LogP contribution in [0.2, 0.25) is 10.0 Å². The van der Waals surface area contributed by atoms with Crippen molar-refractivity contribution in [1.82, 2.24) is 0 Å². The van der Waals surface area contributed by atoms with Crippen LogP contribution in [0.1, 0.15) is 16.1 Å². The maximum absolute atomic E-state index is 12.5. The summed E-state index contributed by atoms with van der Waals surface area (Å²) in [4.78, 5) is 26.9. The maximum Gasteiger partial charge on any atom is 0.340 e. The highest BCUT2D eigenvalue weighted by Gasteiger charge is 2.20. The van der Waals surface area contributed by atoms with Crippen LogP contribution in [0.5, 0.6) is 0 Å². The molecule has 0 aliphatic carbocycles. The molecule has 0 atom stereocenters. The number of morpholine rings is 1. The van der Waals surface area contributed by atoms with Gasteiger partial charge in [-0.05, 0) is 54.6 Å². The number of hydrogen-bond acceptors (Lipinski definition) is 6. The number of halogens is 2. The molecular weight excluding hydrogens is 479 g/mol. The number of benzene rings is 2. The summed E-state index contributed by atoms with van der Waals surface area (Å²) in [6, 6.07) is 13.8. The Morgan fingerprint density at radius 1 is 1.03 bits per heavy atom. The zero-order valence-corrected chi connectivity index (χ0v) is 19.9. The quantitative estimate of drug-likeness (QED) is 0.354. The lowest BCUT2D eigenvalue weighted by Gasteiger charge is -2.30. The number of methoxy groups -OCH3 is 1. The Labute approximate surface area is 206 Å². The van der Waals surface area contributed by atoms with Crippen LogP contribution >= 0.6 is 23.2 Å². The summed E-state index contributed by atoms with van der Waals surface area (Å²) >= 11 is 12.1. The van der Waals surface area contributed by atoms with Gasteiger partial charge in [0.2, 0.25) is 5.91 Å². The van der Waals surface area contributed by atoms with Crippen molar-refractivity contribution in [2.24, 2.45) is 0 Å². The van der Waals surface area contributed by atoms with E-state index < -0.39 is 5.97 Å². The van der Waals surface area contributed by atoms with Gasteiger partial charge in [-0.2, -0.15) is 0 Å². The molecule has 0 radical (unpaired) electrons. The number of esters is 1. The summed E-state index contributed by atoms with van der Waals surface area (Å²) in [6.45, 7) is 2.52. The highest BCUT2D eigenvalue weighted by Crippen LogP contribution is 2.29. The van der Waals surface area contributed by atoms with Crippen LogP contribution < -0.4 is 10.2 Å². The Balaban J connectivity index is 1.46. The Kier molecular flexibility index (Phi) is 7.57. The fraction of sp³-hybridized carbons (Fsp3) is 0.200. The van der Waals surface area contributed by atoms with E-state index in [0.29, 0.717) is 59.1 Å². The smallest absolute Gasteiger partial charge is 0.340 e. The van der Waals surface area contributed by atoms with Crippen molar-refractivity contribution in [1.29, 1.82) is 0 Å². The third-order valence-electron chi connectivity index (χ3n) is 5.19. The van der Waals surface area contributed by atoms with Gasteiger partial charge in [-0.25, -0.2) is 4.79 Å². The Morgan fingerprint density at radius 3 is 2.47 bits per heavy atom. The van der Waals surface area contributed by atoms with Gasteiger partial charge in [0.05, 0.1) is 31.6 Å². The molecule has 1 aromatic heterocycles. The van der Waals surface area contributed by atoms with Gasteiger partial charge in [0.1, 0.15) is 11.5 Å². The molecule has 1 amide bonds. The monoisotopic (exact) mass is 500 g/mol. The van der Waals surface area contributed by atoms with E-state index in [2.05, 4.69) is 10.2 Å². The Bertz CT molecular complexity index is 1210. The molecule has 3 aromatic rings. The van der Waals surface area contributed by atoms with E-state index in [0.717, 1.165) is 11.3 Å². The molecule has 4 rings (SSSR count). The first-order chi connectivity index (χ1) is 16.4. The zero-order valence-electron chi connectivity index (χ0n) is 18.3. The molecule has 1 saturated heterocycles. The standard InChI is InChI=1S/C25H22Cl2N2O5/c1-32-25(31)21-15-19(2-5-22(21)29-8-10-33-11-9-29)28-24(30)7-4-20-3-6-23(34-20)16-12-17(26)14-18(27)13-16/h2-7,12-15H,8-11H2,1H3,(H,28,30)/b7-4+. The van der Waals surface area contributed by atoms with Gasteiger partial charge in [-0.3, -0.25) is 4.79 Å². The second-order valence-electron chi connectivity index (χ2n) is 7.51. The lowest BCUT2D eigenvalue weighted by atomic mass is 10.1. The second kappa shape index (κ2) is 10.8. The Morgan fingerprint density at radius 2 is 1.76 bits per heavy atom. The topological polar surface area (TPSA) is 81.0 Å². The van der Waals surface area contributed by atoms with Crippen molar-refractivity contribution in [3.8, 4) is 11.3 Å². The Hall–Kier alpha value is -3.26. The average Bonchev–Trinajstić information content (AvgIpc) is 3.31. The molecule has 7 nitrogen and oxygen atoms in total. The number of amides is 1. The summed E-state index contributed by atoms with van der Waals surface area (Å²) in [5, 5.41) is 3.76. The van der Waals surface area contributed by atoms with Crippen molar-refractivity contribution in [2.45, 2.75) is 0 Å². The number of furan rings is 1. The average molecular weight is 501 g/mol. The number of ether oxygens (including phenoxy) is 2. The van der Waals surface area contributed by atoms with Gasteiger partial charge < -0.3 is 24.1 Å². The van der Waals surface area contributed by atoms with Crippen molar-refractivity contribution in [2.75, 3.05) is 43.6 Å². The van der Waals surface area contributed by atoms with Gasteiger partial charge >= 0.3 is 5.97 Å². The molecule has 0 bridgehead atoms. The number of hydrogen-bond donors (Lipinski definition) is 1. The summed E-state index contributed by atoms with van der Waals surface area (Å²) < 4.78 is 16.1. The summed E-state index contributed by atoms with van der Waals surface area (Å²) in [6.07, 6.45) is 2.90. The van der Waals surface area contributed by atoms with E-state index in [4.69, 9.17) is 37.1 Å². The SMILES string of the molecule is COC(=O)c1cc(NC(=O)/C=C/c2ccc(-c3cc(Cl)cc(Cl)c3)o2)ccc1N1CCOCC1. The van der Waals surface area contributed by atoms with Crippen LogP contribution in [0, 0.1) is 0 Å². The van der Waals surface area contributed by atoms with Crippen molar-refractivity contribution < 1.29 is 23.5 Å². The second-order valence-corrected chi connectivity index (χ2v) is 8.38. The molecule has 34 heavy (non-hydrogen) atoms. The van der Waals surface area contributed by atoms with E-state index in [1.807, 2.05) is 0 Å². The molecule has 176 valence electrons. The van der Waals surface area contributed by atoms with E-state index in [9.17, 15) is 9.59 Å². The third-order valence-corrected chi connectivity index (χ3v) is 5.63. The van der Waals surface area contributed by atoms with Crippen molar-refractivity contribution >= 4 is 52.5 Å². The van der Waals surface area contributed by atoms with Gasteiger partial charge in [0, 0.05) is 40.5 Å². The fourth-order valence-electron chi connectivity index (χ4n) is 3.60.